The van der Waals surface area contributed by atoms with Crippen molar-refractivity contribution in [1.82, 2.24) is 19.1 Å². The summed E-state index contributed by atoms with van der Waals surface area (Å²) >= 11 is 0. The van der Waals surface area contributed by atoms with E-state index in [0.717, 1.165) is 18.2 Å². The van der Waals surface area contributed by atoms with E-state index in [1.165, 1.54) is 0 Å². The van der Waals surface area contributed by atoms with Crippen molar-refractivity contribution in [2.45, 2.75) is 13.0 Å². The predicted octanol–water partition coefficient (Wildman–Crippen LogP) is 0.683. The van der Waals surface area contributed by atoms with E-state index >= 15 is 0 Å². The molecule has 0 aromatic carbocycles. The van der Waals surface area contributed by atoms with Gasteiger partial charge in [-0.15, -0.1) is 0 Å². The second-order valence-corrected chi connectivity index (χ2v) is 4.00. The third kappa shape index (κ3) is 2.96. The molecule has 2 rings (SSSR count). The minimum atomic E-state index is 0.170. The third-order valence-corrected chi connectivity index (χ3v) is 2.66. The molecule has 18 heavy (non-hydrogen) atoms. The van der Waals surface area contributed by atoms with Crippen LogP contribution in [0.3, 0.4) is 0 Å². The Kier molecular flexibility index (Phi) is 4.49. The van der Waals surface area contributed by atoms with Gasteiger partial charge in [0.15, 0.2) is 11.6 Å². The van der Waals surface area contributed by atoms with Crippen LogP contribution in [0.5, 0.6) is 0 Å². The molecule has 0 aliphatic carbocycles. The van der Waals surface area contributed by atoms with Gasteiger partial charge in [0.1, 0.15) is 0 Å². The van der Waals surface area contributed by atoms with Crippen molar-refractivity contribution >= 4 is 0 Å². The topological polar surface area (TPSA) is 65.1 Å². The van der Waals surface area contributed by atoms with Crippen molar-refractivity contribution in [3.05, 3.63) is 24.8 Å². The zero-order valence-corrected chi connectivity index (χ0v) is 10.5. The summed E-state index contributed by atoms with van der Waals surface area (Å²) in [5.41, 5.74) is 0. The highest BCUT2D eigenvalue weighted by Crippen LogP contribution is 2.13. The van der Waals surface area contributed by atoms with Gasteiger partial charge < -0.3 is 19.0 Å². The fraction of sp³-hybridized carbons (Fsp3) is 0.500. The zero-order chi connectivity index (χ0) is 12.8. The zero-order valence-electron chi connectivity index (χ0n) is 10.5. The lowest BCUT2D eigenvalue weighted by molar-refractivity contribution is 0.110. The molecule has 0 atom stereocenters. The van der Waals surface area contributed by atoms with Crippen LogP contribution >= 0.6 is 0 Å². The van der Waals surface area contributed by atoms with Gasteiger partial charge in [-0.1, -0.05) is 0 Å². The fourth-order valence-electron chi connectivity index (χ4n) is 1.71. The van der Waals surface area contributed by atoms with E-state index in [9.17, 15) is 0 Å². The van der Waals surface area contributed by atoms with Gasteiger partial charge >= 0.3 is 0 Å². The normalized spacial score (nSPS) is 11.0. The maximum Gasteiger partial charge on any atom is 0.176 e. The minimum Gasteiger partial charge on any atom is -0.396 e. The quantitative estimate of drug-likeness (QED) is 0.734. The van der Waals surface area contributed by atoms with Crippen LogP contribution in [0.2, 0.25) is 0 Å². The molecule has 0 spiro atoms. The van der Waals surface area contributed by atoms with Gasteiger partial charge in [0.25, 0.3) is 0 Å². The monoisotopic (exact) mass is 250 g/mol. The van der Waals surface area contributed by atoms with Gasteiger partial charge in [0.05, 0.1) is 6.61 Å². The van der Waals surface area contributed by atoms with Gasteiger partial charge in [0.2, 0.25) is 0 Å². The molecule has 0 fully saturated rings. The van der Waals surface area contributed by atoms with E-state index in [2.05, 4.69) is 9.97 Å². The first-order valence-electron chi connectivity index (χ1n) is 6.00. The second-order valence-electron chi connectivity index (χ2n) is 4.00. The highest BCUT2D eigenvalue weighted by molar-refractivity contribution is 5.44. The molecule has 0 bridgehead atoms. The van der Waals surface area contributed by atoms with E-state index in [-0.39, 0.29) is 6.61 Å². The number of aliphatic hydroxyl groups excluding tert-OH is 1. The number of aryl methyl sites for hydroxylation is 1. The van der Waals surface area contributed by atoms with Crippen LogP contribution < -0.4 is 0 Å². The number of aliphatic hydroxyl groups is 1. The van der Waals surface area contributed by atoms with Crippen LogP contribution in [0.4, 0.5) is 0 Å². The number of aromatic nitrogens is 4. The molecule has 2 aromatic heterocycles. The Hall–Kier alpha value is -1.66. The van der Waals surface area contributed by atoms with E-state index < -0.39 is 0 Å². The molecule has 0 unspecified atom stereocenters. The molecule has 6 heteroatoms. The Morgan fingerprint density at radius 1 is 1.17 bits per heavy atom. The lowest BCUT2D eigenvalue weighted by Crippen LogP contribution is -2.09. The molecule has 1 N–H and O–H groups in total. The van der Waals surface area contributed by atoms with Crippen LogP contribution in [-0.4, -0.2) is 44.0 Å². The molecule has 98 valence electrons. The SMILES string of the molecule is Cn1ccnc1-c1nccn1CCOCCCO. The van der Waals surface area contributed by atoms with Crippen molar-refractivity contribution in [2.75, 3.05) is 19.8 Å². The summed E-state index contributed by atoms with van der Waals surface area (Å²) in [6, 6.07) is 0. The van der Waals surface area contributed by atoms with E-state index in [1.807, 2.05) is 28.6 Å². The van der Waals surface area contributed by atoms with Crippen LogP contribution in [0.25, 0.3) is 11.6 Å². The summed E-state index contributed by atoms with van der Waals surface area (Å²) in [6.45, 7) is 2.09. The van der Waals surface area contributed by atoms with Gasteiger partial charge in [0, 0.05) is 51.6 Å². The van der Waals surface area contributed by atoms with Crippen molar-refractivity contribution in [1.29, 1.82) is 0 Å². The summed E-state index contributed by atoms with van der Waals surface area (Å²) in [5.74, 6) is 1.68. The van der Waals surface area contributed by atoms with Gasteiger partial charge in [-0.2, -0.15) is 0 Å². The standard InChI is InChI=1S/C12H18N4O2/c1-15-5-3-13-11(15)12-14-4-6-16(12)7-10-18-9-2-8-17/h3-6,17H,2,7-10H2,1H3. The summed E-state index contributed by atoms with van der Waals surface area (Å²) < 4.78 is 9.37. The van der Waals surface area contributed by atoms with Crippen LogP contribution in [-0.2, 0) is 18.3 Å². The summed E-state index contributed by atoms with van der Waals surface area (Å²) in [4.78, 5) is 8.60. The number of rotatable bonds is 7. The molecular weight excluding hydrogens is 232 g/mol. The Balaban J connectivity index is 1.94. The Morgan fingerprint density at radius 3 is 2.67 bits per heavy atom. The molecule has 0 saturated heterocycles. The highest BCUT2D eigenvalue weighted by Gasteiger charge is 2.09. The number of ether oxygens (including phenoxy) is 1. The molecule has 0 aliphatic rings. The first-order valence-corrected chi connectivity index (χ1v) is 6.00. The Bertz CT molecular complexity index is 478. The molecule has 2 heterocycles. The Labute approximate surface area is 106 Å². The van der Waals surface area contributed by atoms with Crippen LogP contribution in [0.15, 0.2) is 24.8 Å². The minimum absolute atomic E-state index is 0.170. The summed E-state index contributed by atoms with van der Waals surface area (Å²) in [5, 5.41) is 8.64. The first kappa shape index (κ1) is 12.8. The van der Waals surface area contributed by atoms with Crippen molar-refractivity contribution in [3.8, 4) is 11.6 Å². The van der Waals surface area contributed by atoms with E-state index in [4.69, 9.17) is 9.84 Å². The molecule has 0 amide bonds. The van der Waals surface area contributed by atoms with Crippen molar-refractivity contribution in [3.63, 3.8) is 0 Å². The molecular formula is C12H18N4O2. The maximum atomic E-state index is 8.64. The van der Waals surface area contributed by atoms with Gasteiger partial charge in [-0.25, -0.2) is 9.97 Å². The molecule has 0 radical (unpaired) electrons. The molecule has 6 nitrogen and oxygen atoms in total. The largest absolute Gasteiger partial charge is 0.396 e. The average Bonchev–Trinajstić information content (AvgIpc) is 2.97. The highest BCUT2D eigenvalue weighted by atomic mass is 16.5. The van der Waals surface area contributed by atoms with Crippen molar-refractivity contribution in [2.24, 2.45) is 7.05 Å². The number of hydrogen-bond donors (Lipinski definition) is 1. The second kappa shape index (κ2) is 6.32. The number of hydrogen-bond acceptors (Lipinski definition) is 4. The van der Waals surface area contributed by atoms with Gasteiger partial charge in [-0.3, -0.25) is 0 Å². The average molecular weight is 250 g/mol. The number of nitrogens with zero attached hydrogens (tertiary/aromatic N) is 4. The Morgan fingerprint density at radius 2 is 1.94 bits per heavy atom. The molecule has 2 aromatic rings. The summed E-state index contributed by atoms with van der Waals surface area (Å²) in [7, 11) is 1.94. The first-order chi connectivity index (χ1) is 8.83. The van der Waals surface area contributed by atoms with E-state index in [1.54, 1.807) is 12.4 Å². The number of imidazole rings is 2. The van der Waals surface area contributed by atoms with Crippen LogP contribution in [0.1, 0.15) is 6.42 Å². The third-order valence-electron chi connectivity index (χ3n) is 2.66. The summed E-state index contributed by atoms with van der Waals surface area (Å²) in [6.07, 6.45) is 8.01. The lowest BCUT2D eigenvalue weighted by atomic mass is 10.5. The molecule has 0 saturated carbocycles. The van der Waals surface area contributed by atoms with E-state index in [0.29, 0.717) is 19.6 Å². The van der Waals surface area contributed by atoms with Crippen molar-refractivity contribution < 1.29 is 9.84 Å². The maximum absolute atomic E-state index is 8.64. The fourth-order valence-corrected chi connectivity index (χ4v) is 1.71. The lowest BCUT2D eigenvalue weighted by Gasteiger charge is -2.08. The van der Waals surface area contributed by atoms with Crippen LogP contribution in [0, 0.1) is 0 Å². The predicted molar refractivity (Wildman–Crippen MR) is 67.0 cm³/mol. The molecule has 0 aliphatic heterocycles. The smallest absolute Gasteiger partial charge is 0.176 e. The van der Waals surface area contributed by atoms with Gasteiger partial charge in [-0.05, 0) is 6.42 Å².